The average Bonchev–Trinajstić information content (AvgIpc) is 1.89. The zero-order valence-corrected chi connectivity index (χ0v) is 6.24. The maximum Gasteiger partial charge on any atom is 0.0961 e. The van der Waals surface area contributed by atoms with Crippen LogP contribution in [-0.2, 0) is 4.74 Å². The quantitative estimate of drug-likeness (QED) is 0.387. The molecule has 0 aromatic carbocycles. The van der Waals surface area contributed by atoms with Crippen LogP contribution in [0.25, 0.3) is 0 Å². The first-order chi connectivity index (χ1) is 4.41. The molecule has 0 aromatic heterocycles. The van der Waals surface area contributed by atoms with Crippen molar-refractivity contribution in [1.29, 1.82) is 0 Å². The van der Waals surface area contributed by atoms with E-state index in [1.165, 1.54) is 0 Å². The van der Waals surface area contributed by atoms with Crippen molar-refractivity contribution in [2.45, 2.75) is 6.92 Å². The van der Waals surface area contributed by atoms with Crippen molar-refractivity contribution in [3.8, 4) is 0 Å². The van der Waals surface area contributed by atoms with Gasteiger partial charge in [0, 0.05) is 20.2 Å². The van der Waals surface area contributed by atoms with Gasteiger partial charge in [-0.05, 0) is 6.54 Å². The van der Waals surface area contributed by atoms with Gasteiger partial charge in [-0.15, -0.1) is 0 Å². The molecule has 0 heterocycles. The molecule has 0 fully saturated rings. The molecule has 3 nitrogen and oxygen atoms in total. The Morgan fingerprint density at radius 1 is 1.22 bits per heavy atom. The normalized spacial score (nSPS) is 10.0. The van der Waals surface area contributed by atoms with E-state index in [0.29, 0.717) is 6.73 Å². The first kappa shape index (κ1) is 8.88. The molecule has 56 valence electrons. The van der Waals surface area contributed by atoms with E-state index in [-0.39, 0.29) is 0 Å². The number of hydrogen-bond acceptors (Lipinski definition) is 3. The van der Waals surface area contributed by atoms with E-state index >= 15 is 0 Å². The van der Waals surface area contributed by atoms with Crippen molar-refractivity contribution in [1.82, 2.24) is 10.6 Å². The standard InChI is InChI=1S/C6H16N2O/c1-3-7-4-5-8-6-9-2/h7-8H,3-6H2,1-2H3. The van der Waals surface area contributed by atoms with Crippen LogP contribution < -0.4 is 10.6 Å². The van der Waals surface area contributed by atoms with Gasteiger partial charge in [0.1, 0.15) is 0 Å². The molecule has 3 heteroatoms. The van der Waals surface area contributed by atoms with E-state index in [1.54, 1.807) is 7.11 Å². The Morgan fingerprint density at radius 2 is 1.89 bits per heavy atom. The predicted octanol–water partition coefficient (Wildman–Crippen LogP) is -0.211. The fourth-order valence-electron chi connectivity index (χ4n) is 0.528. The second-order valence-corrected chi connectivity index (χ2v) is 1.79. The summed E-state index contributed by atoms with van der Waals surface area (Å²) in [7, 11) is 1.68. The van der Waals surface area contributed by atoms with E-state index < -0.39 is 0 Å². The highest BCUT2D eigenvalue weighted by molar-refractivity contribution is 4.44. The van der Waals surface area contributed by atoms with Crippen molar-refractivity contribution in [2.24, 2.45) is 0 Å². The zero-order valence-electron chi connectivity index (χ0n) is 6.24. The molecule has 0 saturated heterocycles. The molecule has 0 saturated carbocycles. The van der Waals surface area contributed by atoms with Crippen LogP contribution in [0.5, 0.6) is 0 Å². The molecular formula is C6H16N2O. The summed E-state index contributed by atoms with van der Waals surface area (Å²) in [5.74, 6) is 0. The zero-order chi connectivity index (χ0) is 6.95. The van der Waals surface area contributed by atoms with E-state index in [9.17, 15) is 0 Å². The number of methoxy groups -OCH3 is 1. The fourth-order valence-corrected chi connectivity index (χ4v) is 0.528. The molecule has 0 bridgehead atoms. The highest BCUT2D eigenvalue weighted by Crippen LogP contribution is 1.59. The molecule has 0 aliphatic carbocycles. The predicted molar refractivity (Wildman–Crippen MR) is 38.4 cm³/mol. The Kier molecular flexibility index (Phi) is 7.77. The molecule has 0 radical (unpaired) electrons. The smallest absolute Gasteiger partial charge is 0.0961 e. The molecule has 0 spiro atoms. The summed E-state index contributed by atoms with van der Waals surface area (Å²) in [5, 5.41) is 6.27. The van der Waals surface area contributed by atoms with Crippen LogP contribution >= 0.6 is 0 Å². The largest absolute Gasteiger partial charge is 0.370 e. The van der Waals surface area contributed by atoms with Crippen LogP contribution in [0.2, 0.25) is 0 Å². The lowest BCUT2D eigenvalue weighted by atomic mass is 10.6. The van der Waals surface area contributed by atoms with Gasteiger partial charge < -0.3 is 10.1 Å². The minimum Gasteiger partial charge on any atom is -0.370 e. The van der Waals surface area contributed by atoms with Gasteiger partial charge in [0.25, 0.3) is 0 Å². The SMILES string of the molecule is CCNCCNCOC. The molecular weight excluding hydrogens is 116 g/mol. The highest BCUT2D eigenvalue weighted by atomic mass is 16.5. The fraction of sp³-hybridized carbons (Fsp3) is 1.00. The maximum absolute atomic E-state index is 4.78. The number of nitrogens with one attached hydrogen (secondary N) is 2. The number of likely N-dealkylation sites (N-methyl/N-ethyl adjacent to an activating group) is 1. The molecule has 0 amide bonds. The van der Waals surface area contributed by atoms with Gasteiger partial charge >= 0.3 is 0 Å². The van der Waals surface area contributed by atoms with Crippen LogP contribution in [0, 0.1) is 0 Å². The molecule has 0 rings (SSSR count). The van der Waals surface area contributed by atoms with Crippen LogP contribution in [0.1, 0.15) is 6.92 Å². The Bertz CT molecular complexity index is 44.3. The Labute approximate surface area is 56.8 Å². The second kappa shape index (κ2) is 7.88. The summed E-state index contributed by atoms with van der Waals surface area (Å²) in [6.45, 7) is 5.76. The molecule has 0 aromatic rings. The number of rotatable bonds is 6. The van der Waals surface area contributed by atoms with Gasteiger partial charge in [-0.3, -0.25) is 5.32 Å². The first-order valence-electron chi connectivity index (χ1n) is 3.32. The van der Waals surface area contributed by atoms with Gasteiger partial charge in [0.2, 0.25) is 0 Å². The van der Waals surface area contributed by atoms with Crippen molar-refractivity contribution >= 4 is 0 Å². The molecule has 0 unspecified atom stereocenters. The summed E-state index contributed by atoms with van der Waals surface area (Å²) in [5.41, 5.74) is 0. The Hall–Kier alpha value is -0.120. The average molecular weight is 132 g/mol. The van der Waals surface area contributed by atoms with Crippen molar-refractivity contribution in [3.63, 3.8) is 0 Å². The molecule has 9 heavy (non-hydrogen) atoms. The lowest BCUT2D eigenvalue weighted by Crippen LogP contribution is -2.28. The van der Waals surface area contributed by atoms with Crippen LogP contribution in [-0.4, -0.2) is 33.5 Å². The monoisotopic (exact) mass is 132 g/mol. The molecule has 2 N–H and O–H groups in total. The third kappa shape index (κ3) is 7.88. The van der Waals surface area contributed by atoms with Crippen molar-refractivity contribution < 1.29 is 4.74 Å². The second-order valence-electron chi connectivity index (χ2n) is 1.79. The number of hydrogen-bond donors (Lipinski definition) is 2. The third-order valence-electron chi connectivity index (χ3n) is 0.975. The van der Waals surface area contributed by atoms with Gasteiger partial charge in [-0.25, -0.2) is 0 Å². The van der Waals surface area contributed by atoms with Crippen LogP contribution in [0.3, 0.4) is 0 Å². The maximum atomic E-state index is 4.78. The Morgan fingerprint density at radius 3 is 2.44 bits per heavy atom. The van der Waals surface area contributed by atoms with E-state index in [0.717, 1.165) is 19.6 Å². The van der Waals surface area contributed by atoms with Crippen molar-refractivity contribution in [2.75, 3.05) is 33.5 Å². The summed E-state index contributed by atoms with van der Waals surface area (Å²) in [6.07, 6.45) is 0. The van der Waals surface area contributed by atoms with E-state index in [2.05, 4.69) is 17.6 Å². The van der Waals surface area contributed by atoms with Gasteiger partial charge in [-0.2, -0.15) is 0 Å². The highest BCUT2D eigenvalue weighted by Gasteiger charge is 1.81. The Balaban J connectivity index is 2.60. The van der Waals surface area contributed by atoms with E-state index in [1.807, 2.05) is 0 Å². The molecule has 0 atom stereocenters. The summed E-state index contributed by atoms with van der Waals surface area (Å²) < 4.78 is 4.78. The number of ether oxygens (including phenoxy) is 1. The van der Waals surface area contributed by atoms with E-state index in [4.69, 9.17) is 4.74 Å². The third-order valence-corrected chi connectivity index (χ3v) is 0.975. The van der Waals surface area contributed by atoms with Crippen molar-refractivity contribution in [3.05, 3.63) is 0 Å². The van der Waals surface area contributed by atoms with Gasteiger partial charge in [-0.1, -0.05) is 6.92 Å². The lowest BCUT2D eigenvalue weighted by Gasteiger charge is -2.02. The van der Waals surface area contributed by atoms with Crippen LogP contribution in [0.15, 0.2) is 0 Å². The molecule has 0 aliphatic rings. The minimum absolute atomic E-state index is 0.644. The minimum atomic E-state index is 0.644. The first-order valence-corrected chi connectivity index (χ1v) is 3.32. The molecule has 0 aliphatic heterocycles. The summed E-state index contributed by atoms with van der Waals surface area (Å²) >= 11 is 0. The van der Waals surface area contributed by atoms with Gasteiger partial charge in [0.05, 0.1) is 6.73 Å². The topological polar surface area (TPSA) is 33.3 Å². The summed E-state index contributed by atoms with van der Waals surface area (Å²) in [4.78, 5) is 0. The lowest BCUT2D eigenvalue weighted by molar-refractivity contribution is 0.176. The van der Waals surface area contributed by atoms with Gasteiger partial charge in [0.15, 0.2) is 0 Å². The van der Waals surface area contributed by atoms with Crippen LogP contribution in [0.4, 0.5) is 0 Å². The summed E-state index contributed by atoms with van der Waals surface area (Å²) in [6, 6.07) is 0.